The monoisotopic (exact) mass is 232 g/mol. The average Bonchev–Trinajstić information content (AvgIpc) is 1.43. The summed E-state index contributed by atoms with van der Waals surface area (Å²) < 4.78 is 60.9. The second-order valence-electron chi connectivity index (χ2n) is 3.31. The summed E-state index contributed by atoms with van der Waals surface area (Å²) in [5.74, 6) is -1.84. The first-order valence-electron chi connectivity index (χ1n) is 3.10. The zero-order chi connectivity index (χ0) is 10.9. The van der Waals surface area contributed by atoms with Crippen molar-refractivity contribution in [2.75, 3.05) is 25.8 Å². The van der Waals surface area contributed by atoms with E-state index in [1.54, 1.807) is 0 Å². The highest BCUT2D eigenvalue weighted by Crippen LogP contribution is 2.03. The van der Waals surface area contributed by atoms with Crippen LogP contribution in [0.15, 0.2) is 0 Å². The van der Waals surface area contributed by atoms with Crippen LogP contribution in [0.4, 0.5) is 0 Å². The molecule has 0 aromatic heterocycles. The Morgan fingerprint density at radius 3 is 1.31 bits per heavy atom. The molecule has 0 bridgehead atoms. The first kappa shape index (κ1) is 12.8. The Morgan fingerprint density at radius 2 is 1.15 bits per heavy atom. The summed E-state index contributed by atoms with van der Waals surface area (Å²) in [5, 5.41) is 0. The minimum absolute atomic E-state index is 0.683. The Labute approximate surface area is 77.1 Å². The summed E-state index contributed by atoms with van der Waals surface area (Å²) >= 11 is 0. The van der Waals surface area contributed by atoms with Crippen molar-refractivity contribution in [3.05, 3.63) is 0 Å². The van der Waals surface area contributed by atoms with Crippen LogP contribution in [0, 0.1) is 0 Å². The summed E-state index contributed by atoms with van der Waals surface area (Å²) in [6, 6.07) is 0. The Hall–Kier alpha value is -0.220. The third kappa shape index (κ3) is 8.12. The van der Waals surface area contributed by atoms with Gasteiger partial charge in [-0.25, -0.2) is 16.8 Å². The molecule has 0 atom stereocenters. The number of rotatable bonds is 4. The third-order valence-corrected chi connectivity index (χ3v) is 3.05. The highest BCUT2D eigenvalue weighted by atomic mass is 32.2. The summed E-state index contributed by atoms with van der Waals surface area (Å²) in [5.41, 5.74) is 0. The molecule has 0 heterocycles. The highest BCUT2D eigenvalue weighted by molar-refractivity contribution is 7.86. The van der Waals surface area contributed by atoms with Crippen molar-refractivity contribution in [3.63, 3.8) is 0 Å². The van der Waals surface area contributed by atoms with E-state index in [2.05, 4.69) is 0 Å². The molecule has 13 heavy (non-hydrogen) atoms. The molecule has 0 aliphatic rings. The van der Waals surface area contributed by atoms with Gasteiger partial charge in [-0.2, -0.15) is 0 Å². The molecular weight excluding hydrogens is 222 g/mol. The summed E-state index contributed by atoms with van der Waals surface area (Å²) in [6.07, 6.45) is 0. The molecule has 80 valence electrons. The van der Waals surface area contributed by atoms with E-state index in [0.717, 1.165) is 0 Å². The molecule has 0 fully saturated rings. The summed E-state index contributed by atoms with van der Waals surface area (Å²) in [4.78, 5) is 0. The van der Waals surface area contributed by atoms with Crippen molar-refractivity contribution < 1.29 is 30.4 Å². The minimum atomic E-state index is -4.54. The van der Waals surface area contributed by atoms with Gasteiger partial charge >= 0.3 is 0 Å². The van der Waals surface area contributed by atoms with E-state index in [1.165, 1.54) is 14.1 Å². The summed E-state index contributed by atoms with van der Waals surface area (Å²) in [7, 11) is -6.73. The van der Waals surface area contributed by atoms with Gasteiger partial charge in [0.1, 0.15) is 20.2 Å². The minimum Gasteiger partial charge on any atom is -0.744 e. The molecule has 0 aromatic carbocycles. The first-order chi connectivity index (χ1) is 5.41. The van der Waals surface area contributed by atoms with Gasteiger partial charge in [0.15, 0.2) is 11.8 Å². The van der Waals surface area contributed by atoms with E-state index < -0.39 is 36.5 Å². The van der Waals surface area contributed by atoms with Crippen LogP contribution in [-0.2, 0) is 20.2 Å². The van der Waals surface area contributed by atoms with Crippen LogP contribution in [0.2, 0.25) is 0 Å². The SMILES string of the molecule is C[N+](C)(CS(=O)(=O)[O-])CS(=O)(=O)[O-]. The molecule has 0 aromatic rings. The van der Waals surface area contributed by atoms with Gasteiger partial charge in [0.05, 0.1) is 14.1 Å². The van der Waals surface area contributed by atoms with Crippen molar-refractivity contribution in [2.45, 2.75) is 0 Å². The fraction of sp³-hybridized carbons (Fsp3) is 1.00. The number of hydrogen-bond donors (Lipinski definition) is 0. The van der Waals surface area contributed by atoms with Gasteiger partial charge < -0.3 is 13.6 Å². The van der Waals surface area contributed by atoms with Crippen LogP contribution >= 0.6 is 0 Å². The molecule has 0 rings (SSSR count). The second kappa shape index (κ2) is 3.50. The van der Waals surface area contributed by atoms with Crippen LogP contribution in [0.3, 0.4) is 0 Å². The predicted octanol–water partition coefficient (Wildman–Crippen LogP) is -1.93. The lowest BCUT2D eigenvalue weighted by atomic mass is 10.8. The van der Waals surface area contributed by atoms with Gasteiger partial charge in [-0.05, 0) is 0 Å². The lowest BCUT2D eigenvalue weighted by molar-refractivity contribution is -0.866. The van der Waals surface area contributed by atoms with Crippen LogP contribution in [0.5, 0.6) is 0 Å². The summed E-state index contributed by atoms with van der Waals surface area (Å²) in [6.45, 7) is 0. The molecule has 0 spiro atoms. The van der Waals surface area contributed by atoms with Crippen LogP contribution in [0.25, 0.3) is 0 Å². The largest absolute Gasteiger partial charge is 0.744 e. The smallest absolute Gasteiger partial charge is 0.169 e. The molecule has 0 aliphatic heterocycles. The van der Waals surface area contributed by atoms with Gasteiger partial charge in [-0.15, -0.1) is 0 Å². The maximum Gasteiger partial charge on any atom is 0.169 e. The molecule has 0 radical (unpaired) electrons. The zero-order valence-corrected chi connectivity index (χ0v) is 8.76. The maximum atomic E-state index is 10.3. The van der Waals surface area contributed by atoms with Gasteiger partial charge in [0.2, 0.25) is 0 Å². The van der Waals surface area contributed by atoms with E-state index in [9.17, 15) is 25.9 Å². The van der Waals surface area contributed by atoms with Crippen molar-refractivity contribution in [2.24, 2.45) is 0 Å². The van der Waals surface area contributed by atoms with Crippen LogP contribution in [-0.4, -0.2) is 56.3 Å². The molecule has 7 nitrogen and oxygen atoms in total. The van der Waals surface area contributed by atoms with Crippen molar-refractivity contribution >= 4 is 20.2 Å². The molecule has 9 heteroatoms. The Balaban J connectivity index is 4.62. The van der Waals surface area contributed by atoms with Gasteiger partial charge in [0, 0.05) is 0 Å². The van der Waals surface area contributed by atoms with Crippen molar-refractivity contribution in [3.8, 4) is 0 Å². The van der Waals surface area contributed by atoms with Crippen molar-refractivity contribution in [1.82, 2.24) is 0 Å². The third-order valence-electron chi connectivity index (χ3n) is 1.02. The number of quaternary nitrogens is 1. The zero-order valence-electron chi connectivity index (χ0n) is 7.13. The Kier molecular flexibility index (Phi) is 3.44. The van der Waals surface area contributed by atoms with Crippen molar-refractivity contribution in [1.29, 1.82) is 0 Å². The molecule has 0 amide bonds. The fourth-order valence-electron chi connectivity index (χ4n) is 0.893. The van der Waals surface area contributed by atoms with E-state index in [4.69, 9.17) is 0 Å². The van der Waals surface area contributed by atoms with Crippen LogP contribution < -0.4 is 0 Å². The van der Waals surface area contributed by atoms with E-state index in [1.807, 2.05) is 0 Å². The first-order valence-corrected chi connectivity index (χ1v) is 6.26. The normalized spacial score (nSPS) is 14.5. The van der Waals surface area contributed by atoms with E-state index in [0.29, 0.717) is 0 Å². The Morgan fingerprint density at radius 1 is 0.923 bits per heavy atom. The fourth-order valence-corrected chi connectivity index (χ4v) is 2.90. The van der Waals surface area contributed by atoms with Gasteiger partial charge in [-0.3, -0.25) is 0 Å². The molecule has 0 N–H and O–H groups in total. The number of hydrogen-bond acceptors (Lipinski definition) is 6. The lowest BCUT2D eigenvalue weighted by Crippen LogP contribution is -2.46. The van der Waals surface area contributed by atoms with E-state index in [-0.39, 0.29) is 0 Å². The standard InChI is InChI=1S/C4H11NO6S2/c1-5(2,3-12(6,7)8)4-13(9,10)11/h3-4H2,1-2H3,(H-,6,7,8,9,10,11)/p-1. The van der Waals surface area contributed by atoms with Crippen LogP contribution in [0.1, 0.15) is 0 Å². The maximum absolute atomic E-state index is 10.3. The molecule has 0 saturated heterocycles. The quantitative estimate of drug-likeness (QED) is 0.412. The number of nitrogens with zero attached hydrogens (tertiary/aromatic N) is 1. The van der Waals surface area contributed by atoms with Gasteiger partial charge in [0.25, 0.3) is 0 Å². The predicted molar refractivity (Wildman–Crippen MR) is 41.2 cm³/mol. The topological polar surface area (TPSA) is 114 Å². The average molecular weight is 232 g/mol. The highest BCUT2D eigenvalue weighted by Gasteiger charge is 2.21. The second-order valence-corrected chi connectivity index (χ2v) is 6.06. The van der Waals surface area contributed by atoms with Gasteiger partial charge in [-0.1, -0.05) is 0 Å². The van der Waals surface area contributed by atoms with E-state index >= 15 is 0 Å². The molecule has 0 saturated carbocycles. The molecule has 0 unspecified atom stereocenters. The molecular formula is C4H10NO6S2-. The lowest BCUT2D eigenvalue weighted by Gasteiger charge is -2.30. The Bertz CT molecular complexity index is 329. The molecule has 0 aliphatic carbocycles.